The molecule has 0 aliphatic heterocycles. The van der Waals surface area contributed by atoms with E-state index in [4.69, 9.17) is 0 Å². The zero-order valence-electron chi connectivity index (χ0n) is 8.24. The summed E-state index contributed by atoms with van der Waals surface area (Å²) in [5.41, 5.74) is -1.87. The second kappa shape index (κ2) is 3.48. The lowest BCUT2D eigenvalue weighted by atomic mass is 10.1. The Hall–Kier alpha value is -1.56. The molecule has 1 aliphatic rings. The van der Waals surface area contributed by atoms with Crippen LogP contribution < -0.4 is 0 Å². The molecule has 0 atom stereocenters. The summed E-state index contributed by atoms with van der Waals surface area (Å²) < 4.78 is 26.6. The van der Waals surface area contributed by atoms with Crippen molar-refractivity contribution in [1.29, 1.82) is 0 Å². The highest BCUT2D eigenvalue weighted by Gasteiger charge is 2.41. The second-order valence-electron chi connectivity index (χ2n) is 4.05. The molecular formula is C10H9F2NO3. The Balaban J connectivity index is 2.33. The predicted molar refractivity (Wildman–Crippen MR) is 50.9 cm³/mol. The fraction of sp³-hybridized carbons (Fsp3) is 0.400. The molecule has 1 aromatic rings. The molecule has 4 nitrogen and oxygen atoms in total. The minimum atomic E-state index is -1.08. The van der Waals surface area contributed by atoms with E-state index in [-0.39, 0.29) is 12.0 Å². The van der Waals surface area contributed by atoms with Crippen molar-refractivity contribution in [2.75, 3.05) is 0 Å². The van der Waals surface area contributed by atoms with Gasteiger partial charge < -0.3 is 5.11 Å². The fourth-order valence-corrected chi connectivity index (χ4v) is 1.53. The molecule has 0 radical (unpaired) electrons. The summed E-state index contributed by atoms with van der Waals surface area (Å²) >= 11 is 0. The summed E-state index contributed by atoms with van der Waals surface area (Å²) in [5, 5.41) is 19.9. The van der Waals surface area contributed by atoms with E-state index in [1.807, 2.05) is 0 Å². The lowest BCUT2D eigenvalue weighted by Gasteiger charge is -2.08. The Labute approximate surface area is 89.7 Å². The monoisotopic (exact) mass is 229 g/mol. The van der Waals surface area contributed by atoms with Crippen LogP contribution in [0.15, 0.2) is 12.1 Å². The molecule has 0 bridgehead atoms. The molecule has 0 aromatic heterocycles. The van der Waals surface area contributed by atoms with Gasteiger partial charge in [0.25, 0.3) is 0 Å². The van der Waals surface area contributed by atoms with Gasteiger partial charge in [-0.1, -0.05) is 0 Å². The molecule has 16 heavy (non-hydrogen) atoms. The lowest BCUT2D eigenvalue weighted by Crippen LogP contribution is -2.12. The Bertz CT molecular complexity index is 458. The van der Waals surface area contributed by atoms with Crippen LogP contribution in [-0.4, -0.2) is 15.6 Å². The number of rotatable bonds is 3. The number of aliphatic hydroxyl groups is 1. The highest BCUT2D eigenvalue weighted by atomic mass is 19.1. The molecule has 0 unspecified atom stereocenters. The highest BCUT2D eigenvalue weighted by Crippen LogP contribution is 2.39. The maximum atomic E-state index is 13.4. The number of nitro groups is 1. The molecule has 86 valence electrons. The molecule has 6 heteroatoms. The smallest absolute Gasteiger partial charge is 0.307 e. The molecule has 1 aliphatic carbocycles. The lowest BCUT2D eigenvalue weighted by molar-refractivity contribution is -0.387. The van der Waals surface area contributed by atoms with Crippen LogP contribution in [0.2, 0.25) is 0 Å². The maximum absolute atomic E-state index is 13.4. The summed E-state index contributed by atoms with van der Waals surface area (Å²) in [6.07, 6.45) is 1.09. The minimum Gasteiger partial charge on any atom is -0.390 e. The molecular weight excluding hydrogens is 220 g/mol. The van der Waals surface area contributed by atoms with Gasteiger partial charge in [0, 0.05) is 6.42 Å². The molecule has 0 saturated heterocycles. The van der Waals surface area contributed by atoms with E-state index in [1.165, 1.54) is 0 Å². The van der Waals surface area contributed by atoms with Crippen LogP contribution in [0, 0.1) is 21.7 Å². The molecule has 1 aromatic carbocycles. The Morgan fingerprint density at radius 3 is 2.50 bits per heavy atom. The van der Waals surface area contributed by atoms with Crippen molar-refractivity contribution in [1.82, 2.24) is 0 Å². The van der Waals surface area contributed by atoms with E-state index in [1.54, 1.807) is 0 Å². The molecule has 1 saturated carbocycles. The van der Waals surface area contributed by atoms with Gasteiger partial charge in [0.15, 0.2) is 0 Å². The van der Waals surface area contributed by atoms with Gasteiger partial charge in [-0.3, -0.25) is 10.1 Å². The summed E-state index contributed by atoms with van der Waals surface area (Å²) in [7, 11) is 0. The largest absolute Gasteiger partial charge is 0.390 e. The highest BCUT2D eigenvalue weighted by molar-refractivity contribution is 5.37. The molecule has 1 N–H and O–H groups in total. The predicted octanol–water partition coefficient (Wildman–Crippen LogP) is 1.94. The van der Waals surface area contributed by atoms with Gasteiger partial charge in [0.05, 0.1) is 16.6 Å². The van der Waals surface area contributed by atoms with Gasteiger partial charge in [-0.2, -0.15) is 4.39 Å². The van der Waals surface area contributed by atoms with Crippen molar-refractivity contribution in [3.63, 3.8) is 0 Å². The maximum Gasteiger partial charge on any atom is 0.307 e. The molecule has 0 amide bonds. The second-order valence-corrected chi connectivity index (χ2v) is 4.05. The van der Waals surface area contributed by atoms with Crippen LogP contribution in [0.1, 0.15) is 18.4 Å². The Kier molecular flexibility index (Phi) is 2.38. The van der Waals surface area contributed by atoms with Gasteiger partial charge in [-0.05, 0) is 24.5 Å². The Morgan fingerprint density at radius 1 is 1.38 bits per heavy atom. The quantitative estimate of drug-likeness (QED) is 0.636. The van der Waals surface area contributed by atoms with E-state index < -0.39 is 27.8 Å². The third-order valence-electron chi connectivity index (χ3n) is 2.66. The van der Waals surface area contributed by atoms with Crippen molar-refractivity contribution >= 4 is 5.69 Å². The van der Waals surface area contributed by atoms with E-state index in [2.05, 4.69) is 0 Å². The van der Waals surface area contributed by atoms with E-state index >= 15 is 0 Å². The normalized spacial score (nSPS) is 17.2. The van der Waals surface area contributed by atoms with E-state index in [0.29, 0.717) is 18.9 Å². The Morgan fingerprint density at radius 2 is 2.00 bits per heavy atom. The van der Waals surface area contributed by atoms with Crippen LogP contribution in [0.25, 0.3) is 0 Å². The van der Waals surface area contributed by atoms with E-state index in [9.17, 15) is 24.0 Å². The standard InChI is InChI=1S/C10H9F2NO3/c11-7-4-9(13(15)16)8(12)3-6(7)5-10(14)1-2-10/h3-4,14H,1-2,5H2. The number of hydrogen-bond donors (Lipinski definition) is 1. The van der Waals surface area contributed by atoms with Gasteiger partial charge in [0.1, 0.15) is 5.82 Å². The number of benzene rings is 1. The van der Waals surface area contributed by atoms with Crippen LogP contribution in [0.3, 0.4) is 0 Å². The van der Waals surface area contributed by atoms with Gasteiger partial charge in [-0.25, -0.2) is 4.39 Å². The third kappa shape index (κ3) is 2.01. The van der Waals surface area contributed by atoms with Gasteiger partial charge >= 0.3 is 5.69 Å². The minimum absolute atomic E-state index is 0.00620. The summed E-state index contributed by atoms with van der Waals surface area (Å²) in [5.74, 6) is -1.93. The molecule has 0 spiro atoms. The first-order chi connectivity index (χ1) is 7.41. The first-order valence-electron chi connectivity index (χ1n) is 4.76. The van der Waals surface area contributed by atoms with Crippen molar-refractivity contribution in [2.24, 2.45) is 0 Å². The van der Waals surface area contributed by atoms with Crippen LogP contribution in [0.5, 0.6) is 0 Å². The average Bonchev–Trinajstić information content (AvgIpc) is 2.89. The SMILES string of the molecule is O=[N+]([O-])c1cc(F)c(CC2(O)CC2)cc1F. The average molecular weight is 229 g/mol. The number of nitrogens with zero attached hydrogens (tertiary/aromatic N) is 1. The van der Waals surface area contributed by atoms with Crippen molar-refractivity contribution < 1.29 is 18.8 Å². The van der Waals surface area contributed by atoms with Crippen molar-refractivity contribution in [2.45, 2.75) is 24.9 Å². The van der Waals surface area contributed by atoms with Crippen molar-refractivity contribution in [3.8, 4) is 0 Å². The summed E-state index contributed by atoms with van der Waals surface area (Å²) in [6, 6.07) is 1.33. The first-order valence-corrected chi connectivity index (χ1v) is 4.76. The molecule has 1 fully saturated rings. The topological polar surface area (TPSA) is 63.4 Å². The fourth-order valence-electron chi connectivity index (χ4n) is 1.53. The van der Waals surface area contributed by atoms with Gasteiger partial charge in [0.2, 0.25) is 5.82 Å². The van der Waals surface area contributed by atoms with Crippen LogP contribution in [-0.2, 0) is 6.42 Å². The van der Waals surface area contributed by atoms with Crippen molar-refractivity contribution in [3.05, 3.63) is 39.4 Å². The van der Waals surface area contributed by atoms with Crippen LogP contribution in [0.4, 0.5) is 14.5 Å². The summed E-state index contributed by atoms with van der Waals surface area (Å²) in [6.45, 7) is 0. The summed E-state index contributed by atoms with van der Waals surface area (Å²) in [4.78, 5) is 9.35. The number of halogens is 2. The zero-order valence-corrected chi connectivity index (χ0v) is 8.24. The number of nitro benzene ring substituents is 1. The van der Waals surface area contributed by atoms with Crippen LogP contribution >= 0.6 is 0 Å². The first kappa shape index (κ1) is 10.9. The zero-order chi connectivity index (χ0) is 11.9. The van der Waals surface area contributed by atoms with Gasteiger partial charge in [-0.15, -0.1) is 0 Å². The van der Waals surface area contributed by atoms with E-state index in [0.717, 1.165) is 6.07 Å². The third-order valence-corrected chi connectivity index (χ3v) is 2.66. The molecule has 0 heterocycles. The number of hydrogen-bond acceptors (Lipinski definition) is 3. The molecule has 2 rings (SSSR count).